The summed E-state index contributed by atoms with van der Waals surface area (Å²) in [4.78, 5) is 25.1. The van der Waals surface area contributed by atoms with Crippen molar-refractivity contribution in [1.29, 1.82) is 0 Å². The highest BCUT2D eigenvalue weighted by atomic mass is 16.6. The van der Waals surface area contributed by atoms with Crippen molar-refractivity contribution in [2.24, 2.45) is 0 Å². The van der Waals surface area contributed by atoms with Crippen molar-refractivity contribution >= 4 is 11.9 Å². The van der Waals surface area contributed by atoms with Crippen molar-refractivity contribution in [3.8, 4) is 0 Å². The van der Waals surface area contributed by atoms with E-state index in [0.29, 0.717) is 25.9 Å². The quantitative estimate of drug-likeness (QED) is 0.0352. The summed E-state index contributed by atoms with van der Waals surface area (Å²) in [5, 5.41) is 0. The van der Waals surface area contributed by atoms with Crippen LogP contribution in [0.25, 0.3) is 0 Å². The highest BCUT2D eigenvalue weighted by Crippen LogP contribution is 2.11. The van der Waals surface area contributed by atoms with Crippen LogP contribution in [0.5, 0.6) is 0 Å². The molecule has 0 aromatic heterocycles. The van der Waals surface area contributed by atoms with Crippen LogP contribution in [0.3, 0.4) is 0 Å². The van der Waals surface area contributed by atoms with Gasteiger partial charge in [-0.25, -0.2) is 0 Å². The first-order valence-electron chi connectivity index (χ1n) is 22.8. The van der Waals surface area contributed by atoms with Gasteiger partial charge in [0.05, 0.1) is 6.61 Å². The third kappa shape index (κ3) is 43.5. The Kier molecular flexibility index (Phi) is 43.6. The summed E-state index contributed by atoms with van der Waals surface area (Å²) >= 11 is 0. The van der Waals surface area contributed by atoms with Gasteiger partial charge in [0.1, 0.15) is 6.61 Å². The lowest BCUT2D eigenvalue weighted by molar-refractivity contribution is -0.162. The molecule has 0 aromatic rings. The van der Waals surface area contributed by atoms with Crippen LogP contribution in [0.15, 0.2) is 97.2 Å². The molecule has 56 heavy (non-hydrogen) atoms. The number of hydrogen-bond acceptors (Lipinski definition) is 5. The lowest BCUT2D eigenvalue weighted by Crippen LogP contribution is -2.30. The van der Waals surface area contributed by atoms with Crippen LogP contribution in [0.2, 0.25) is 0 Å². The molecule has 0 rings (SSSR count). The number of allylic oxidation sites excluding steroid dienone is 16. The van der Waals surface area contributed by atoms with Gasteiger partial charge in [0.2, 0.25) is 0 Å². The number of carbonyl (C=O) groups excluding carboxylic acids is 2. The normalized spacial score (nSPS) is 13.1. The topological polar surface area (TPSA) is 61.8 Å². The maximum Gasteiger partial charge on any atom is 0.306 e. The molecule has 0 fully saturated rings. The number of ether oxygens (including phenoxy) is 3. The Morgan fingerprint density at radius 3 is 1.39 bits per heavy atom. The lowest BCUT2D eigenvalue weighted by atomic mass is 10.1. The molecule has 0 N–H and O–H groups in total. The summed E-state index contributed by atoms with van der Waals surface area (Å²) in [7, 11) is 0. The molecule has 0 aliphatic carbocycles. The molecule has 0 saturated carbocycles. The summed E-state index contributed by atoms with van der Waals surface area (Å²) in [6.07, 6.45) is 61.4. The predicted molar refractivity (Wildman–Crippen MR) is 242 cm³/mol. The van der Waals surface area contributed by atoms with Crippen molar-refractivity contribution in [2.75, 3.05) is 19.8 Å². The first-order valence-corrected chi connectivity index (χ1v) is 22.8. The maximum absolute atomic E-state index is 12.7. The van der Waals surface area contributed by atoms with E-state index in [9.17, 15) is 9.59 Å². The molecule has 5 heteroatoms. The summed E-state index contributed by atoms with van der Waals surface area (Å²) in [5.74, 6) is -0.520. The Labute approximate surface area is 345 Å². The zero-order valence-electron chi connectivity index (χ0n) is 36.4. The van der Waals surface area contributed by atoms with Crippen molar-refractivity contribution in [2.45, 2.75) is 194 Å². The minimum Gasteiger partial charge on any atom is -0.462 e. The fourth-order valence-electron chi connectivity index (χ4n) is 5.74. The van der Waals surface area contributed by atoms with E-state index >= 15 is 0 Å². The van der Waals surface area contributed by atoms with Gasteiger partial charge in [-0.15, -0.1) is 0 Å². The van der Waals surface area contributed by atoms with Crippen molar-refractivity contribution in [3.63, 3.8) is 0 Å². The first-order chi connectivity index (χ1) is 27.6. The van der Waals surface area contributed by atoms with Gasteiger partial charge in [0.15, 0.2) is 6.10 Å². The molecule has 0 aromatic carbocycles. The average Bonchev–Trinajstić information content (AvgIpc) is 3.20. The Bertz CT molecular complexity index is 1110. The second-order valence-electron chi connectivity index (χ2n) is 14.6. The standard InChI is InChI=1S/C51H84O5/c1-4-7-10-13-16-18-20-22-24-25-26-27-29-30-32-34-36-38-41-44-50(52)55-48-49(47-54-46-43-40-15-12-9-6-3)56-51(53)45-42-39-37-35-33-31-28-23-21-19-17-14-11-8-5-2/h7,10,16-19,22-24,26-28,30,32,36,38,49H,4-6,8-9,11-15,20-21,25,29,31,33-35,37,39-48H2,1-3H3/b10-7-,18-16-,19-17-,24-22-,27-26-,28-23-,32-30-,38-36-. The number of esters is 2. The molecule has 0 aliphatic rings. The van der Waals surface area contributed by atoms with E-state index in [-0.39, 0.29) is 25.2 Å². The maximum atomic E-state index is 12.7. The third-order valence-electron chi connectivity index (χ3n) is 9.12. The molecule has 0 spiro atoms. The van der Waals surface area contributed by atoms with Crippen LogP contribution in [0.1, 0.15) is 188 Å². The van der Waals surface area contributed by atoms with Gasteiger partial charge < -0.3 is 14.2 Å². The van der Waals surface area contributed by atoms with Gasteiger partial charge in [-0.1, -0.05) is 182 Å². The van der Waals surface area contributed by atoms with E-state index in [1.165, 1.54) is 64.2 Å². The van der Waals surface area contributed by atoms with Gasteiger partial charge in [-0.2, -0.15) is 0 Å². The van der Waals surface area contributed by atoms with E-state index in [4.69, 9.17) is 14.2 Å². The van der Waals surface area contributed by atoms with Crippen LogP contribution < -0.4 is 0 Å². The zero-order valence-corrected chi connectivity index (χ0v) is 36.4. The second-order valence-corrected chi connectivity index (χ2v) is 14.6. The molecule has 0 bridgehead atoms. The van der Waals surface area contributed by atoms with Crippen molar-refractivity contribution < 1.29 is 23.8 Å². The largest absolute Gasteiger partial charge is 0.462 e. The molecule has 5 nitrogen and oxygen atoms in total. The third-order valence-corrected chi connectivity index (χ3v) is 9.12. The predicted octanol–water partition coefficient (Wildman–Crippen LogP) is 15.1. The minimum atomic E-state index is -0.574. The SMILES string of the molecule is CC/C=C\C/C=C\C/C=C\C/C=C\C/C=C\C/C=C\CCC(=O)OCC(COCCCCCCCC)OC(=O)CCCCCCC/C=C\C/C=C\CCCCC. The number of rotatable bonds is 40. The average molecular weight is 777 g/mol. The van der Waals surface area contributed by atoms with Crippen LogP contribution in [0, 0.1) is 0 Å². The molecule has 318 valence electrons. The molecule has 0 radical (unpaired) electrons. The van der Waals surface area contributed by atoms with Crippen molar-refractivity contribution in [3.05, 3.63) is 97.2 Å². The number of hydrogen-bond donors (Lipinski definition) is 0. The molecule has 1 unspecified atom stereocenters. The molecule has 1 atom stereocenters. The van der Waals surface area contributed by atoms with Crippen LogP contribution in [-0.4, -0.2) is 37.9 Å². The number of unbranched alkanes of at least 4 members (excludes halogenated alkanes) is 13. The van der Waals surface area contributed by atoms with Crippen LogP contribution in [-0.2, 0) is 23.8 Å². The molecular formula is C51H84O5. The molecule has 0 saturated heterocycles. The fraction of sp³-hybridized carbons (Fsp3) is 0.647. The lowest BCUT2D eigenvalue weighted by Gasteiger charge is -2.18. The highest BCUT2D eigenvalue weighted by molar-refractivity contribution is 5.70. The number of carbonyl (C=O) groups is 2. The van der Waals surface area contributed by atoms with Crippen LogP contribution in [0.4, 0.5) is 0 Å². The molecule has 0 amide bonds. The van der Waals surface area contributed by atoms with E-state index in [1.54, 1.807) is 0 Å². The zero-order chi connectivity index (χ0) is 40.7. The Morgan fingerprint density at radius 2 is 0.839 bits per heavy atom. The second kappa shape index (κ2) is 46.2. The molecular weight excluding hydrogens is 693 g/mol. The van der Waals surface area contributed by atoms with Gasteiger partial charge in [-0.3, -0.25) is 9.59 Å². The summed E-state index contributed by atoms with van der Waals surface area (Å²) in [5.41, 5.74) is 0. The highest BCUT2D eigenvalue weighted by Gasteiger charge is 2.17. The van der Waals surface area contributed by atoms with E-state index < -0.39 is 6.10 Å². The minimum absolute atomic E-state index is 0.0347. The van der Waals surface area contributed by atoms with Crippen molar-refractivity contribution in [1.82, 2.24) is 0 Å². The smallest absolute Gasteiger partial charge is 0.306 e. The summed E-state index contributed by atoms with van der Waals surface area (Å²) < 4.78 is 17.1. The first kappa shape index (κ1) is 52.8. The van der Waals surface area contributed by atoms with Gasteiger partial charge in [0.25, 0.3) is 0 Å². The van der Waals surface area contributed by atoms with E-state index in [2.05, 4.69) is 112 Å². The van der Waals surface area contributed by atoms with Gasteiger partial charge >= 0.3 is 11.9 Å². The molecule has 0 aliphatic heterocycles. The van der Waals surface area contributed by atoms with E-state index in [1.807, 2.05) is 6.08 Å². The van der Waals surface area contributed by atoms with Gasteiger partial charge in [-0.05, 0) is 89.9 Å². The summed E-state index contributed by atoms with van der Waals surface area (Å²) in [6.45, 7) is 7.53. The Hall–Kier alpha value is -3.18. The fourth-order valence-corrected chi connectivity index (χ4v) is 5.74. The Morgan fingerprint density at radius 1 is 0.411 bits per heavy atom. The monoisotopic (exact) mass is 777 g/mol. The van der Waals surface area contributed by atoms with Gasteiger partial charge in [0, 0.05) is 19.4 Å². The Balaban J connectivity index is 4.29. The van der Waals surface area contributed by atoms with Crippen LogP contribution >= 0.6 is 0 Å². The summed E-state index contributed by atoms with van der Waals surface area (Å²) in [6, 6.07) is 0. The van der Waals surface area contributed by atoms with E-state index in [0.717, 1.165) is 83.5 Å². The molecule has 0 heterocycles.